The van der Waals surface area contributed by atoms with Crippen molar-refractivity contribution in [2.24, 2.45) is 5.73 Å². The Morgan fingerprint density at radius 1 is 1.09 bits per heavy atom. The van der Waals surface area contributed by atoms with E-state index in [1.165, 1.54) is 10.9 Å². The van der Waals surface area contributed by atoms with Gasteiger partial charge in [-0.2, -0.15) is 0 Å². The van der Waals surface area contributed by atoms with Crippen molar-refractivity contribution in [3.8, 4) is 16.9 Å². The minimum atomic E-state index is -1.34. The number of aliphatic hydroxyl groups excluding tert-OH is 4. The Labute approximate surface area is 252 Å². The minimum absolute atomic E-state index is 0.147. The van der Waals surface area contributed by atoms with Crippen LogP contribution in [0.2, 0.25) is 0 Å². The highest BCUT2D eigenvalue weighted by atomic mass is 16.6. The zero-order valence-corrected chi connectivity index (χ0v) is 23.8. The molecular formula is C29H36N8O7. The molecular weight excluding hydrogens is 572 g/mol. The zero-order valence-electron chi connectivity index (χ0n) is 23.8. The van der Waals surface area contributed by atoms with Gasteiger partial charge in [-0.15, -0.1) is 0 Å². The molecule has 1 aliphatic rings. The molecule has 1 amide bonds. The highest BCUT2D eigenvalue weighted by Gasteiger charge is 2.45. The maximum atomic E-state index is 11.2. The number of imidazole rings is 1. The number of nitrogens with zero attached hydrogens (tertiary/aromatic N) is 4. The van der Waals surface area contributed by atoms with Gasteiger partial charge < -0.3 is 52.0 Å². The number of nitrogens with one attached hydrogen (secondary N) is 2. The molecule has 0 spiro atoms. The molecule has 3 heterocycles. The van der Waals surface area contributed by atoms with Crippen molar-refractivity contribution in [2.75, 3.05) is 37.4 Å². The molecule has 15 heteroatoms. The largest absolute Gasteiger partial charge is 0.494 e. The number of hydrogen-bond donors (Lipinski definition) is 8. The molecule has 1 saturated heterocycles. The first-order valence-corrected chi connectivity index (χ1v) is 14.1. The number of anilines is 2. The first-order valence-electron chi connectivity index (χ1n) is 14.1. The van der Waals surface area contributed by atoms with E-state index in [4.69, 9.17) is 26.0 Å². The van der Waals surface area contributed by atoms with Crippen molar-refractivity contribution in [2.45, 2.75) is 43.5 Å². The molecule has 5 rings (SSSR count). The van der Waals surface area contributed by atoms with Gasteiger partial charge in [-0.3, -0.25) is 9.36 Å². The molecule has 2 aromatic carbocycles. The molecule has 0 aliphatic carbocycles. The van der Waals surface area contributed by atoms with Crippen LogP contribution in [0.1, 0.15) is 18.2 Å². The Kier molecular flexibility index (Phi) is 9.84. The fraction of sp³-hybridized carbons (Fsp3) is 0.379. The summed E-state index contributed by atoms with van der Waals surface area (Å²) in [4.78, 5) is 24.0. The Balaban J connectivity index is 1.23. The molecule has 1 aliphatic heterocycles. The molecule has 15 nitrogen and oxygen atoms in total. The van der Waals surface area contributed by atoms with Gasteiger partial charge >= 0.3 is 0 Å². The summed E-state index contributed by atoms with van der Waals surface area (Å²) >= 11 is 0. The fourth-order valence-electron chi connectivity index (χ4n) is 4.94. The Morgan fingerprint density at radius 2 is 1.89 bits per heavy atom. The Hall–Kier alpha value is -4.38. The second kappa shape index (κ2) is 13.9. The molecule has 10 N–H and O–H groups in total. The van der Waals surface area contributed by atoms with Gasteiger partial charge in [0.25, 0.3) is 0 Å². The zero-order chi connectivity index (χ0) is 31.2. The van der Waals surface area contributed by atoms with Crippen LogP contribution < -0.4 is 26.8 Å². The van der Waals surface area contributed by atoms with Crippen molar-refractivity contribution in [3.63, 3.8) is 0 Å². The predicted molar refractivity (Wildman–Crippen MR) is 160 cm³/mol. The van der Waals surface area contributed by atoms with Crippen LogP contribution in [0.3, 0.4) is 0 Å². The average Bonchev–Trinajstić information content (AvgIpc) is 3.54. The van der Waals surface area contributed by atoms with Crippen molar-refractivity contribution < 1.29 is 34.7 Å². The summed E-state index contributed by atoms with van der Waals surface area (Å²) in [6.45, 7) is 0.428. The number of benzene rings is 2. The number of aromatic nitrogens is 4. The molecule has 2 aromatic heterocycles. The number of amides is 1. The number of primary amides is 1. The van der Waals surface area contributed by atoms with Gasteiger partial charge in [0.15, 0.2) is 23.2 Å². The van der Waals surface area contributed by atoms with E-state index in [-0.39, 0.29) is 12.4 Å². The summed E-state index contributed by atoms with van der Waals surface area (Å²) in [6, 6.07) is 14.8. The lowest BCUT2D eigenvalue weighted by molar-refractivity contribution is -0.120. The average molecular weight is 609 g/mol. The van der Waals surface area contributed by atoms with Crippen LogP contribution in [-0.4, -0.2) is 96.6 Å². The number of rotatable bonds is 14. The van der Waals surface area contributed by atoms with E-state index < -0.39 is 43.1 Å². The number of fused-ring (bicyclic) bond motifs is 1. The van der Waals surface area contributed by atoms with Gasteiger partial charge in [-0.05, 0) is 41.8 Å². The van der Waals surface area contributed by atoms with E-state index in [0.29, 0.717) is 49.0 Å². The summed E-state index contributed by atoms with van der Waals surface area (Å²) in [5.41, 5.74) is 14.7. The molecule has 5 atom stereocenters. The molecule has 44 heavy (non-hydrogen) atoms. The summed E-state index contributed by atoms with van der Waals surface area (Å²) < 4.78 is 13.1. The van der Waals surface area contributed by atoms with Gasteiger partial charge in [0.1, 0.15) is 36.4 Å². The predicted octanol–water partition coefficient (Wildman–Crippen LogP) is -0.496. The second-order valence-electron chi connectivity index (χ2n) is 10.3. The third-order valence-electron chi connectivity index (χ3n) is 7.36. The van der Waals surface area contributed by atoms with Crippen LogP contribution in [-0.2, 0) is 16.1 Å². The number of aliphatic hydroxyl groups is 4. The molecule has 4 aromatic rings. The summed E-state index contributed by atoms with van der Waals surface area (Å²) in [6.07, 6.45) is -2.77. The Morgan fingerprint density at radius 3 is 2.59 bits per heavy atom. The van der Waals surface area contributed by atoms with E-state index in [2.05, 4.69) is 25.6 Å². The summed E-state index contributed by atoms with van der Waals surface area (Å²) in [5, 5.41) is 45.8. The van der Waals surface area contributed by atoms with Gasteiger partial charge in [0.2, 0.25) is 11.9 Å². The third-order valence-corrected chi connectivity index (χ3v) is 7.36. The number of carbonyl (C=O) groups is 1. The highest BCUT2D eigenvalue weighted by molar-refractivity contribution is 5.84. The fourth-order valence-corrected chi connectivity index (χ4v) is 4.94. The SMILES string of the molecule is NC(=O)[C@H](CO)NCCCOc1cccc(-c2ccc(CNc3nc4c(N)ncnc4n3[C@@H]3O[C@H](CO)[C@@H](O)[C@H]3O)cc2)c1. The van der Waals surface area contributed by atoms with E-state index in [1.807, 2.05) is 48.5 Å². The normalized spacial score (nSPS) is 20.5. The van der Waals surface area contributed by atoms with E-state index in [9.17, 15) is 20.1 Å². The van der Waals surface area contributed by atoms with Crippen molar-refractivity contribution in [1.82, 2.24) is 24.8 Å². The topological polar surface area (TPSA) is 236 Å². The number of nitrogen functional groups attached to an aromatic ring is 1. The van der Waals surface area contributed by atoms with E-state index in [0.717, 1.165) is 16.7 Å². The monoisotopic (exact) mass is 608 g/mol. The highest BCUT2D eigenvalue weighted by Crippen LogP contribution is 2.35. The van der Waals surface area contributed by atoms with Gasteiger partial charge in [-0.25, -0.2) is 15.0 Å². The molecule has 0 saturated carbocycles. The van der Waals surface area contributed by atoms with Gasteiger partial charge in [0, 0.05) is 6.54 Å². The molecule has 0 radical (unpaired) electrons. The number of hydrogen-bond acceptors (Lipinski definition) is 13. The smallest absolute Gasteiger partial charge is 0.236 e. The van der Waals surface area contributed by atoms with Gasteiger partial charge in [-0.1, -0.05) is 36.4 Å². The van der Waals surface area contributed by atoms with E-state index >= 15 is 0 Å². The molecule has 0 unspecified atom stereocenters. The van der Waals surface area contributed by atoms with Crippen molar-refractivity contribution in [1.29, 1.82) is 0 Å². The lowest BCUT2D eigenvalue weighted by Gasteiger charge is -2.19. The molecule has 1 fully saturated rings. The second-order valence-corrected chi connectivity index (χ2v) is 10.3. The van der Waals surface area contributed by atoms with Crippen LogP contribution in [0.5, 0.6) is 5.75 Å². The first kappa shape index (κ1) is 31.1. The minimum Gasteiger partial charge on any atom is -0.494 e. The van der Waals surface area contributed by atoms with Crippen LogP contribution in [0, 0.1) is 0 Å². The quantitative estimate of drug-likeness (QED) is 0.0844. The van der Waals surface area contributed by atoms with Crippen LogP contribution >= 0.6 is 0 Å². The number of nitrogens with two attached hydrogens (primary N) is 2. The number of ether oxygens (including phenoxy) is 2. The van der Waals surface area contributed by atoms with E-state index in [1.54, 1.807) is 0 Å². The maximum Gasteiger partial charge on any atom is 0.236 e. The maximum absolute atomic E-state index is 11.2. The van der Waals surface area contributed by atoms with Crippen molar-refractivity contribution in [3.05, 3.63) is 60.4 Å². The molecule has 234 valence electrons. The lowest BCUT2D eigenvalue weighted by atomic mass is 10.0. The standard InChI is InChI=1S/C29H36N8O7/c30-25-22-27(35-15-34-25)37(28-24(41)23(40)21(14-39)44-28)29(36-22)33-12-16-5-7-17(8-6-16)18-3-1-4-19(11-18)43-10-2-9-32-20(13-38)26(31)42/h1,3-8,11,15,20-21,23-24,28,32,38-41H,2,9-10,12-14H2,(H2,31,42)(H,33,36)(H2,30,34,35)/t20-,21+,23+,24+,28+/m0/s1. The first-order chi connectivity index (χ1) is 21.3. The summed E-state index contributed by atoms with van der Waals surface area (Å²) in [5.74, 6) is 0.550. The summed E-state index contributed by atoms with van der Waals surface area (Å²) in [7, 11) is 0. The van der Waals surface area contributed by atoms with Crippen LogP contribution in [0.4, 0.5) is 11.8 Å². The third kappa shape index (κ3) is 6.72. The van der Waals surface area contributed by atoms with Crippen LogP contribution in [0.25, 0.3) is 22.3 Å². The Bertz CT molecular complexity index is 1570. The lowest BCUT2D eigenvalue weighted by Crippen LogP contribution is -2.44. The van der Waals surface area contributed by atoms with Crippen molar-refractivity contribution >= 4 is 28.8 Å². The molecule has 0 bridgehead atoms. The van der Waals surface area contributed by atoms with Gasteiger partial charge in [0.05, 0.1) is 19.8 Å². The van der Waals surface area contributed by atoms with Crippen LogP contribution in [0.15, 0.2) is 54.9 Å². The number of carbonyl (C=O) groups excluding carboxylic acids is 1.